The van der Waals surface area contributed by atoms with Crippen molar-refractivity contribution in [3.8, 4) is 5.75 Å². The number of hydrogen-bond acceptors (Lipinski definition) is 3. The van der Waals surface area contributed by atoms with Gasteiger partial charge in [0.25, 0.3) is 0 Å². The van der Waals surface area contributed by atoms with Gasteiger partial charge in [-0.25, -0.2) is 4.98 Å². The molecule has 1 aromatic heterocycles. The number of nitrogens with one attached hydrogen (secondary N) is 1. The van der Waals surface area contributed by atoms with E-state index < -0.39 is 0 Å². The molecule has 1 radical (unpaired) electrons. The number of benzene rings is 2. The summed E-state index contributed by atoms with van der Waals surface area (Å²) < 4.78 is 5.20. The van der Waals surface area contributed by atoms with Gasteiger partial charge in [0, 0.05) is 5.75 Å². The summed E-state index contributed by atoms with van der Waals surface area (Å²) in [6.45, 7) is 0. The van der Waals surface area contributed by atoms with Crippen LogP contribution in [0.2, 0.25) is 0 Å². The quantitative estimate of drug-likeness (QED) is 0.734. The zero-order chi connectivity index (χ0) is 13.1. The summed E-state index contributed by atoms with van der Waals surface area (Å²) in [5.74, 6) is 1.68. The number of imidazole rings is 1. The fourth-order valence-electron chi connectivity index (χ4n) is 1.85. The van der Waals surface area contributed by atoms with Gasteiger partial charge in [0.2, 0.25) is 0 Å². The Kier molecular flexibility index (Phi) is 3.42. The number of aromatic amines is 1. The summed E-state index contributed by atoms with van der Waals surface area (Å²) in [5.41, 5.74) is 3.17. The van der Waals surface area contributed by atoms with E-state index in [2.05, 4.69) is 16.0 Å². The minimum absolute atomic E-state index is 0.816. The van der Waals surface area contributed by atoms with Gasteiger partial charge in [0.05, 0.1) is 18.1 Å². The van der Waals surface area contributed by atoms with Crippen molar-refractivity contribution < 1.29 is 4.74 Å². The van der Waals surface area contributed by atoms with Crippen LogP contribution in [0, 0.1) is 6.07 Å². The van der Waals surface area contributed by atoms with Gasteiger partial charge in [0.1, 0.15) is 5.75 Å². The second kappa shape index (κ2) is 5.36. The van der Waals surface area contributed by atoms with E-state index in [9.17, 15) is 0 Å². The lowest BCUT2D eigenvalue weighted by Gasteiger charge is -2.02. The lowest BCUT2D eigenvalue weighted by Crippen LogP contribution is -1.86. The molecule has 4 heteroatoms. The highest BCUT2D eigenvalue weighted by Crippen LogP contribution is 2.24. The smallest absolute Gasteiger partial charge is 0.166 e. The van der Waals surface area contributed by atoms with Gasteiger partial charge in [-0.15, -0.1) is 0 Å². The summed E-state index contributed by atoms with van der Waals surface area (Å²) in [6, 6.07) is 17.0. The molecular formula is C15H13N2OS. The zero-order valence-electron chi connectivity index (χ0n) is 10.5. The number of fused-ring (bicyclic) bond motifs is 1. The molecule has 3 rings (SSSR count). The Labute approximate surface area is 116 Å². The van der Waals surface area contributed by atoms with Crippen LogP contribution < -0.4 is 4.74 Å². The number of aromatic nitrogens is 2. The van der Waals surface area contributed by atoms with Crippen molar-refractivity contribution >= 4 is 22.8 Å². The van der Waals surface area contributed by atoms with E-state index in [1.165, 1.54) is 0 Å². The second-order valence-corrected chi connectivity index (χ2v) is 5.07. The summed E-state index contributed by atoms with van der Waals surface area (Å²) in [4.78, 5) is 7.83. The fraction of sp³-hybridized carbons (Fsp3) is 0.133. The average molecular weight is 269 g/mol. The molecule has 0 unspecified atom stereocenters. The van der Waals surface area contributed by atoms with Gasteiger partial charge in [-0.05, 0) is 35.9 Å². The Balaban J connectivity index is 1.74. The van der Waals surface area contributed by atoms with E-state index in [-0.39, 0.29) is 0 Å². The molecule has 0 saturated carbocycles. The Morgan fingerprint density at radius 2 is 2.21 bits per heavy atom. The van der Waals surface area contributed by atoms with Crippen LogP contribution >= 0.6 is 11.8 Å². The molecule has 0 saturated heterocycles. The maximum absolute atomic E-state index is 5.20. The van der Waals surface area contributed by atoms with Gasteiger partial charge >= 0.3 is 0 Å². The predicted molar refractivity (Wildman–Crippen MR) is 77.5 cm³/mol. The molecular weight excluding hydrogens is 256 g/mol. The first-order valence-corrected chi connectivity index (χ1v) is 6.96. The monoisotopic (exact) mass is 269 g/mol. The molecule has 0 aliphatic heterocycles. The minimum atomic E-state index is 0.816. The van der Waals surface area contributed by atoms with E-state index in [1.807, 2.05) is 42.5 Å². The van der Waals surface area contributed by atoms with E-state index in [0.29, 0.717) is 0 Å². The van der Waals surface area contributed by atoms with E-state index in [1.54, 1.807) is 18.9 Å². The van der Waals surface area contributed by atoms with Crippen LogP contribution in [0.4, 0.5) is 0 Å². The molecule has 0 spiro atoms. The molecule has 0 bridgehead atoms. The summed E-state index contributed by atoms with van der Waals surface area (Å²) in [6.07, 6.45) is 0. The highest BCUT2D eigenvalue weighted by Gasteiger charge is 2.03. The number of H-pyrrole nitrogens is 1. The molecule has 3 nitrogen and oxygen atoms in total. The normalized spacial score (nSPS) is 10.8. The molecule has 2 aromatic carbocycles. The molecule has 0 amide bonds. The number of nitrogens with zero attached hydrogens (tertiary/aromatic N) is 1. The third-order valence-electron chi connectivity index (χ3n) is 2.80. The van der Waals surface area contributed by atoms with E-state index >= 15 is 0 Å². The number of thioether (sulfide) groups is 1. The maximum Gasteiger partial charge on any atom is 0.166 e. The van der Waals surface area contributed by atoms with Crippen LogP contribution in [-0.4, -0.2) is 17.1 Å². The molecule has 95 valence electrons. The van der Waals surface area contributed by atoms with E-state index in [0.717, 1.165) is 33.3 Å². The molecule has 0 aliphatic rings. The SMILES string of the molecule is COc1cc[c]c(CSc2nc3ccccc3[nH]2)c1. The van der Waals surface area contributed by atoms with Crippen LogP contribution in [0.5, 0.6) is 5.75 Å². The molecule has 0 aliphatic carbocycles. The van der Waals surface area contributed by atoms with Crippen molar-refractivity contribution in [2.75, 3.05) is 7.11 Å². The standard InChI is InChI=1S/C15H13N2OS/c1-18-12-6-4-5-11(9-12)10-19-15-16-13-7-2-3-8-14(13)17-15/h2-4,6-9H,10H2,1H3,(H,16,17). The number of methoxy groups -OCH3 is 1. The van der Waals surface area contributed by atoms with Crippen molar-refractivity contribution in [3.63, 3.8) is 0 Å². The van der Waals surface area contributed by atoms with Crippen LogP contribution in [-0.2, 0) is 5.75 Å². The van der Waals surface area contributed by atoms with Gasteiger partial charge < -0.3 is 9.72 Å². The predicted octanol–water partition coefficient (Wildman–Crippen LogP) is 3.66. The molecule has 3 aromatic rings. The minimum Gasteiger partial charge on any atom is -0.497 e. The lowest BCUT2D eigenvalue weighted by molar-refractivity contribution is 0.414. The van der Waals surface area contributed by atoms with Crippen LogP contribution in [0.1, 0.15) is 5.56 Å². The second-order valence-electron chi connectivity index (χ2n) is 4.10. The largest absolute Gasteiger partial charge is 0.497 e. The van der Waals surface area contributed by atoms with Gasteiger partial charge in [-0.3, -0.25) is 0 Å². The van der Waals surface area contributed by atoms with Crippen molar-refractivity contribution in [1.29, 1.82) is 0 Å². The molecule has 1 heterocycles. The molecule has 0 fully saturated rings. The average Bonchev–Trinajstić information content (AvgIpc) is 2.88. The summed E-state index contributed by atoms with van der Waals surface area (Å²) in [5, 5.41) is 0.928. The number of para-hydroxylation sites is 2. The van der Waals surface area contributed by atoms with E-state index in [4.69, 9.17) is 4.74 Å². The topological polar surface area (TPSA) is 37.9 Å². The number of hydrogen-bond donors (Lipinski definition) is 1. The van der Waals surface area contributed by atoms with Crippen LogP contribution in [0.15, 0.2) is 47.6 Å². The van der Waals surface area contributed by atoms with Crippen LogP contribution in [0.3, 0.4) is 0 Å². The Bertz CT molecular complexity index is 660. The highest BCUT2D eigenvalue weighted by atomic mass is 32.2. The summed E-state index contributed by atoms with van der Waals surface area (Å²) >= 11 is 1.66. The third-order valence-corrected chi connectivity index (χ3v) is 3.72. The van der Waals surface area contributed by atoms with Crippen molar-refractivity contribution in [1.82, 2.24) is 9.97 Å². The number of ether oxygens (including phenoxy) is 1. The Hall–Kier alpha value is -1.94. The van der Waals surface area contributed by atoms with Gasteiger partial charge in [0.15, 0.2) is 5.16 Å². The lowest BCUT2D eigenvalue weighted by atomic mass is 10.2. The van der Waals surface area contributed by atoms with Crippen molar-refractivity contribution in [2.45, 2.75) is 10.9 Å². The van der Waals surface area contributed by atoms with Crippen molar-refractivity contribution in [3.05, 3.63) is 54.1 Å². The molecule has 19 heavy (non-hydrogen) atoms. The Morgan fingerprint density at radius 1 is 1.32 bits per heavy atom. The van der Waals surface area contributed by atoms with Gasteiger partial charge in [-0.1, -0.05) is 30.0 Å². The third kappa shape index (κ3) is 2.74. The fourth-order valence-corrected chi connectivity index (χ4v) is 2.65. The first-order valence-electron chi connectivity index (χ1n) is 5.97. The molecule has 1 N–H and O–H groups in total. The summed E-state index contributed by atoms with van der Waals surface area (Å²) in [7, 11) is 1.67. The first-order chi connectivity index (χ1) is 9.35. The Morgan fingerprint density at radius 3 is 3.05 bits per heavy atom. The van der Waals surface area contributed by atoms with Gasteiger partial charge in [-0.2, -0.15) is 0 Å². The number of rotatable bonds is 4. The molecule has 0 atom stereocenters. The highest BCUT2D eigenvalue weighted by molar-refractivity contribution is 7.98. The van der Waals surface area contributed by atoms with Crippen LogP contribution in [0.25, 0.3) is 11.0 Å². The maximum atomic E-state index is 5.20. The van der Waals surface area contributed by atoms with Crippen molar-refractivity contribution in [2.24, 2.45) is 0 Å². The zero-order valence-corrected chi connectivity index (χ0v) is 11.3. The first kappa shape index (κ1) is 12.1.